The summed E-state index contributed by atoms with van der Waals surface area (Å²) < 4.78 is 8.73. The molecule has 6 heteroatoms. The third-order valence-corrected chi connectivity index (χ3v) is 10.6. The van der Waals surface area contributed by atoms with E-state index in [4.69, 9.17) is 9.72 Å². The predicted octanol–water partition coefficient (Wildman–Crippen LogP) is 12.9. The number of ether oxygens (including phenoxy) is 1. The van der Waals surface area contributed by atoms with Crippen molar-refractivity contribution in [2.24, 2.45) is 0 Å². The summed E-state index contributed by atoms with van der Waals surface area (Å²) in [7, 11) is 0. The first-order valence-electron chi connectivity index (χ1n) is 18.7. The molecule has 0 bridgehead atoms. The number of fused-ring (bicyclic) bond motifs is 3. The van der Waals surface area contributed by atoms with Gasteiger partial charge in [-0.1, -0.05) is 111 Å². The van der Waals surface area contributed by atoms with Gasteiger partial charge in [-0.15, -0.1) is 48.1 Å². The summed E-state index contributed by atoms with van der Waals surface area (Å²) in [5.41, 5.74) is 12.2. The Bertz CT molecular complexity index is 2730. The van der Waals surface area contributed by atoms with E-state index in [0.717, 1.165) is 56.0 Å². The molecule has 0 saturated carbocycles. The van der Waals surface area contributed by atoms with Crippen molar-refractivity contribution in [3.63, 3.8) is 0 Å². The molecule has 1 aliphatic rings. The van der Waals surface area contributed by atoms with Crippen LogP contribution in [0.5, 0.6) is 11.5 Å². The van der Waals surface area contributed by atoms with Gasteiger partial charge in [-0.3, -0.25) is 0 Å². The van der Waals surface area contributed by atoms with Gasteiger partial charge in [-0.25, -0.2) is 4.98 Å². The molecule has 0 N–H and O–H groups in total. The number of aromatic nitrogens is 2. The van der Waals surface area contributed by atoms with Crippen molar-refractivity contribution in [1.29, 1.82) is 0 Å². The molecule has 0 radical (unpaired) electrons. The molecule has 8 aromatic rings. The first-order valence-corrected chi connectivity index (χ1v) is 18.7. The summed E-state index contributed by atoms with van der Waals surface area (Å²) >= 11 is 0. The molecule has 1 aliphatic heterocycles. The van der Waals surface area contributed by atoms with E-state index in [1.165, 1.54) is 22.3 Å². The van der Waals surface area contributed by atoms with Crippen molar-refractivity contribution in [2.45, 2.75) is 40.0 Å². The molecule has 0 saturated heterocycles. The van der Waals surface area contributed by atoms with E-state index in [1.54, 1.807) is 0 Å². The number of para-hydroxylation sites is 1. The van der Waals surface area contributed by atoms with Crippen molar-refractivity contribution in [3.05, 3.63) is 188 Å². The quantitative estimate of drug-likeness (QED) is 0.149. The number of pyridine rings is 1. The summed E-state index contributed by atoms with van der Waals surface area (Å²) in [5.74, 6) is 2.08. The van der Waals surface area contributed by atoms with Gasteiger partial charge in [0.1, 0.15) is 5.82 Å². The molecule has 0 fully saturated rings. The Hall–Kier alpha value is -5.90. The van der Waals surface area contributed by atoms with Crippen LogP contribution in [-0.2, 0) is 26.5 Å². The normalized spacial score (nSPS) is 13.1. The zero-order valence-corrected chi connectivity index (χ0v) is 34.3. The standard InChI is InChI=1S/C50H41N4O.Pt/c1-34-35(2)53(46-26-23-38(36-15-8-6-9-16-36)29-45(46)37-17-10-7-11-18-37)33-52(34)40-19-14-20-41(31-40)55-42-24-25-44-43-21-12-13-22-47(43)54(48(44)32-42)49-30-39(27-28-51-49)50(3,4)5;/h6-30,33H,1-5H3;/q-3;. The van der Waals surface area contributed by atoms with Crippen LogP contribution >= 0.6 is 0 Å². The van der Waals surface area contributed by atoms with Gasteiger partial charge in [0.25, 0.3) is 0 Å². The minimum Gasteiger partial charge on any atom is -0.509 e. The molecule has 0 amide bonds. The van der Waals surface area contributed by atoms with Crippen LogP contribution in [0.2, 0.25) is 0 Å². The van der Waals surface area contributed by atoms with E-state index in [1.807, 2.05) is 24.4 Å². The molecule has 280 valence electrons. The number of hydrogen-bond acceptors (Lipinski definition) is 4. The van der Waals surface area contributed by atoms with Gasteiger partial charge in [0.05, 0.1) is 0 Å². The van der Waals surface area contributed by atoms with E-state index < -0.39 is 0 Å². The van der Waals surface area contributed by atoms with Crippen LogP contribution < -0.4 is 14.5 Å². The van der Waals surface area contributed by atoms with Crippen LogP contribution in [0, 0.1) is 18.8 Å². The smallest absolute Gasteiger partial charge is 0.135 e. The summed E-state index contributed by atoms with van der Waals surface area (Å²) in [6, 6.07) is 57.9. The van der Waals surface area contributed by atoms with Crippen LogP contribution in [0.25, 0.3) is 49.9 Å². The number of hydrogen-bond donors (Lipinski definition) is 0. The molecule has 0 unspecified atom stereocenters. The second-order valence-electron chi connectivity index (χ2n) is 15.1. The van der Waals surface area contributed by atoms with Crippen LogP contribution in [0.4, 0.5) is 11.4 Å². The summed E-state index contributed by atoms with van der Waals surface area (Å²) in [6.07, 6.45) is 1.90. The maximum Gasteiger partial charge on any atom is 0.135 e. The molecule has 0 atom stereocenters. The van der Waals surface area contributed by atoms with Crippen molar-refractivity contribution < 1.29 is 25.8 Å². The van der Waals surface area contributed by atoms with E-state index in [0.29, 0.717) is 11.5 Å². The van der Waals surface area contributed by atoms with Gasteiger partial charge in [0, 0.05) is 66.9 Å². The third-order valence-electron chi connectivity index (χ3n) is 10.6. The molecule has 5 nitrogen and oxygen atoms in total. The van der Waals surface area contributed by atoms with Gasteiger partial charge in [-0.2, -0.15) is 12.1 Å². The summed E-state index contributed by atoms with van der Waals surface area (Å²) in [4.78, 5) is 9.28. The minimum atomic E-state index is -0.0116. The summed E-state index contributed by atoms with van der Waals surface area (Å²) in [6.45, 7) is 13.1. The Balaban J connectivity index is 0.00000441. The monoisotopic (exact) mass is 908 g/mol. The Morgan fingerprint density at radius 2 is 1.30 bits per heavy atom. The number of anilines is 2. The van der Waals surface area contributed by atoms with Gasteiger partial charge < -0.3 is 19.1 Å². The molecule has 56 heavy (non-hydrogen) atoms. The molecule has 0 spiro atoms. The molecular weight excluding hydrogens is 868 g/mol. The Kier molecular flexibility index (Phi) is 9.90. The number of benzene rings is 6. The first-order chi connectivity index (χ1) is 26.7. The zero-order valence-electron chi connectivity index (χ0n) is 32.0. The molecule has 2 aromatic heterocycles. The van der Waals surface area contributed by atoms with E-state index in [-0.39, 0.29) is 26.5 Å². The number of nitrogens with zero attached hydrogens (tertiary/aromatic N) is 4. The van der Waals surface area contributed by atoms with Gasteiger partial charge in [0.15, 0.2) is 0 Å². The summed E-state index contributed by atoms with van der Waals surface area (Å²) in [5, 5.41) is 2.24. The Morgan fingerprint density at radius 3 is 2.07 bits per heavy atom. The fourth-order valence-electron chi connectivity index (χ4n) is 7.46. The van der Waals surface area contributed by atoms with Gasteiger partial charge >= 0.3 is 0 Å². The Morgan fingerprint density at radius 1 is 0.607 bits per heavy atom. The van der Waals surface area contributed by atoms with Crippen molar-refractivity contribution in [2.75, 3.05) is 9.80 Å². The molecular formula is C50H41N4OPt-3. The number of allylic oxidation sites excluding steroid dienone is 2. The second kappa shape index (κ2) is 15.0. The first kappa shape index (κ1) is 37.0. The fourth-order valence-corrected chi connectivity index (χ4v) is 7.46. The van der Waals surface area contributed by atoms with Crippen molar-refractivity contribution in [1.82, 2.24) is 9.55 Å². The molecule has 9 rings (SSSR count). The average Bonchev–Trinajstić information content (AvgIpc) is 3.70. The maximum atomic E-state index is 6.54. The third kappa shape index (κ3) is 6.82. The minimum absolute atomic E-state index is 0. The molecule has 6 aromatic carbocycles. The van der Waals surface area contributed by atoms with Crippen LogP contribution in [0.1, 0.15) is 40.2 Å². The maximum absolute atomic E-state index is 6.54. The van der Waals surface area contributed by atoms with Crippen LogP contribution in [0.15, 0.2) is 163 Å². The largest absolute Gasteiger partial charge is 0.509 e. The van der Waals surface area contributed by atoms with Crippen LogP contribution in [-0.4, -0.2) is 9.55 Å². The topological polar surface area (TPSA) is 33.5 Å². The van der Waals surface area contributed by atoms with Crippen molar-refractivity contribution >= 4 is 33.2 Å². The SMILES string of the molecule is CC1=C(C)N(c2ccc(-c3ccccc3)cc2-c2ccccc2)[CH-]N1c1[c-]c(Oc2[c-]c3c(cc2)c2ccccc2n3-c2cc(C(C)(C)C)ccn2)ccc1.[Pt]. The van der Waals surface area contributed by atoms with E-state index in [9.17, 15) is 0 Å². The molecule has 0 aliphatic carbocycles. The van der Waals surface area contributed by atoms with E-state index in [2.05, 4.69) is 195 Å². The Labute approximate surface area is 343 Å². The molecule has 3 heterocycles. The average molecular weight is 909 g/mol. The zero-order chi connectivity index (χ0) is 37.7. The van der Waals surface area contributed by atoms with Gasteiger partial charge in [0.2, 0.25) is 0 Å². The number of rotatable bonds is 7. The van der Waals surface area contributed by atoms with Crippen molar-refractivity contribution in [3.8, 4) is 39.6 Å². The second-order valence-corrected chi connectivity index (χ2v) is 15.1. The van der Waals surface area contributed by atoms with Crippen LogP contribution in [0.3, 0.4) is 0 Å². The van der Waals surface area contributed by atoms with Gasteiger partial charge in [-0.05, 0) is 77.2 Å². The predicted molar refractivity (Wildman–Crippen MR) is 226 cm³/mol. The van der Waals surface area contributed by atoms with E-state index >= 15 is 0 Å². The fraction of sp³-hybridized carbons (Fsp3) is 0.120.